The largest absolute Gasteiger partial charge is 0.463 e. The Kier molecular flexibility index (Phi) is 5.05. The zero-order valence-corrected chi connectivity index (χ0v) is 10.9. The van der Waals surface area contributed by atoms with E-state index in [2.05, 4.69) is 21.2 Å². The molecule has 0 heterocycles. The number of anilines is 1. The van der Waals surface area contributed by atoms with Gasteiger partial charge in [-0.3, -0.25) is 0 Å². The maximum atomic E-state index is 11.2. The molecular weight excluding hydrogens is 270 g/mol. The Balaban J connectivity index is 2.63. The third-order valence-electron chi connectivity index (χ3n) is 1.79. The summed E-state index contributed by atoms with van der Waals surface area (Å²) in [4.78, 5) is 11.2. The molecule has 0 saturated heterocycles. The third kappa shape index (κ3) is 4.49. The summed E-state index contributed by atoms with van der Waals surface area (Å²) < 4.78 is 5.80. The van der Waals surface area contributed by atoms with Gasteiger partial charge >= 0.3 is 5.97 Å². The molecule has 0 atom stereocenters. The number of nitrogens with one attached hydrogen (secondary N) is 1. The summed E-state index contributed by atoms with van der Waals surface area (Å²) in [5.74, 6) is -0.331. The van der Waals surface area contributed by atoms with Gasteiger partial charge in [0, 0.05) is 21.9 Å². The molecular formula is C12H14BrNO2. The second kappa shape index (κ2) is 6.33. The molecule has 4 heteroatoms. The normalized spacial score (nSPS) is 11.1. The van der Waals surface area contributed by atoms with Crippen LogP contribution in [0.5, 0.6) is 0 Å². The summed E-state index contributed by atoms with van der Waals surface area (Å²) in [6, 6.07) is 7.72. The first kappa shape index (κ1) is 12.8. The van der Waals surface area contributed by atoms with Gasteiger partial charge in [0.1, 0.15) is 0 Å². The van der Waals surface area contributed by atoms with Gasteiger partial charge in [-0.05, 0) is 32.0 Å². The van der Waals surface area contributed by atoms with Gasteiger partial charge in [0.2, 0.25) is 0 Å². The number of rotatable bonds is 4. The number of hydrogen-bond acceptors (Lipinski definition) is 3. The maximum absolute atomic E-state index is 11.2. The second-order valence-corrected chi connectivity index (χ2v) is 4.13. The number of halogens is 1. The Morgan fingerprint density at radius 2 is 2.31 bits per heavy atom. The molecule has 3 nitrogen and oxygen atoms in total. The molecule has 0 aliphatic heterocycles. The highest BCUT2D eigenvalue weighted by Gasteiger charge is 1.99. The molecule has 0 saturated carbocycles. The summed E-state index contributed by atoms with van der Waals surface area (Å²) >= 11 is 3.38. The van der Waals surface area contributed by atoms with Crippen molar-refractivity contribution in [1.82, 2.24) is 0 Å². The molecule has 0 unspecified atom stereocenters. The lowest BCUT2D eigenvalue weighted by atomic mass is 10.3. The first-order valence-electron chi connectivity index (χ1n) is 4.99. The molecule has 86 valence electrons. The first-order valence-corrected chi connectivity index (χ1v) is 5.78. The van der Waals surface area contributed by atoms with Crippen LogP contribution in [0, 0.1) is 0 Å². The topological polar surface area (TPSA) is 38.3 Å². The summed E-state index contributed by atoms with van der Waals surface area (Å²) in [6.45, 7) is 3.99. The van der Waals surface area contributed by atoms with Crippen LogP contribution in [0.25, 0.3) is 0 Å². The summed E-state index contributed by atoms with van der Waals surface area (Å²) in [6.07, 6.45) is 1.43. The number of ether oxygens (including phenoxy) is 1. The van der Waals surface area contributed by atoms with Crippen molar-refractivity contribution < 1.29 is 9.53 Å². The van der Waals surface area contributed by atoms with Crippen molar-refractivity contribution in [3.63, 3.8) is 0 Å². The van der Waals surface area contributed by atoms with Gasteiger partial charge in [0.25, 0.3) is 0 Å². The smallest absolute Gasteiger partial charge is 0.332 e. The van der Waals surface area contributed by atoms with Crippen LogP contribution in [0.3, 0.4) is 0 Å². The third-order valence-corrected chi connectivity index (χ3v) is 2.28. The quantitative estimate of drug-likeness (QED) is 0.681. The highest BCUT2D eigenvalue weighted by Crippen LogP contribution is 2.16. The van der Waals surface area contributed by atoms with E-state index in [1.807, 2.05) is 31.2 Å². The van der Waals surface area contributed by atoms with Crippen LogP contribution in [-0.4, -0.2) is 12.6 Å². The van der Waals surface area contributed by atoms with Gasteiger partial charge in [0.05, 0.1) is 6.61 Å². The summed E-state index contributed by atoms with van der Waals surface area (Å²) in [7, 11) is 0. The summed E-state index contributed by atoms with van der Waals surface area (Å²) in [5, 5.41) is 3.10. The monoisotopic (exact) mass is 283 g/mol. The lowest BCUT2D eigenvalue weighted by molar-refractivity contribution is -0.137. The molecule has 1 rings (SSSR count). The molecule has 0 aromatic heterocycles. The van der Waals surface area contributed by atoms with Crippen LogP contribution in [0.15, 0.2) is 40.5 Å². The van der Waals surface area contributed by atoms with Crippen LogP contribution in [0.1, 0.15) is 13.8 Å². The second-order valence-electron chi connectivity index (χ2n) is 3.21. The number of hydrogen-bond donors (Lipinski definition) is 1. The minimum absolute atomic E-state index is 0.331. The highest BCUT2D eigenvalue weighted by molar-refractivity contribution is 9.10. The van der Waals surface area contributed by atoms with Crippen molar-refractivity contribution in [1.29, 1.82) is 0 Å². The van der Waals surface area contributed by atoms with Crippen LogP contribution in [0.2, 0.25) is 0 Å². The fourth-order valence-electron chi connectivity index (χ4n) is 1.19. The average molecular weight is 284 g/mol. The van der Waals surface area contributed by atoms with E-state index in [0.29, 0.717) is 6.61 Å². The van der Waals surface area contributed by atoms with Crippen LogP contribution in [-0.2, 0) is 9.53 Å². The molecule has 16 heavy (non-hydrogen) atoms. The Hall–Kier alpha value is -1.29. The number of benzene rings is 1. The molecule has 0 bridgehead atoms. The predicted octanol–water partition coefficient (Wildman–Crippen LogP) is 3.33. The Morgan fingerprint density at radius 3 is 2.94 bits per heavy atom. The fraction of sp³-hybridized carbons (Fsp3) is 0.250. The standard InChI is InChI=1S/C12H14BrNO2/c1-3-16-12(15)7-9(2)14-11-6-4-5-10(13)8-11/h4-8,14H,3H2,1-2H3/b9-7-. The van der Waals surface area contributed by atoms with Crippen molar-refractivity contribution in [2.24, 2.45) is 0 Å². The number of esters is 1. The Morgan fingerprint density at radius 1 is 1.56 bits per heavy atom. The van der Waals surface area contributed by atoms with Gasteiger partial charge in [-0.1, -0.05) is 22.0 Å². The molecule has 0 amide bonds. The first-order chi connectivity index (χ1) is 7.61. The highest BCUT2D eigenvalue weighted by atomic mass is 79.9. The molecule has 0 fully saturated rings. The molecule has 0 spiro atoms. The van der Waals surface area contributed by atoms with E-state index in [9.17, 15) is 4.79 Å². The van der Waals surface area contributed by atoms with Gasteiger partial charge in [-0.2, -0.15) is 0 Å². The van der Waals surface area contributed by atoms with Gasteiger partial charge in [-0.15, -0.1) is 0 Å². The van der Waals surface area contributed by atoms with Crippen molar-refractivity contribution in [2.45, 2.75) is 13.8 Å². The van der Waals surface area contributed by atoms with Gasteiger partial charge in [-0.25, -0.2) is 4.79 Å². The predicted molar refractivity (Wildman–Crippen MR) is 68.2 cm³/mol. The molecule has 1 aromatic rings. The van der Waals surface area contributed by atoms with Crippen LogP contribution >= 0.6 is 15.9 Å². The number of allylic oxidation sites excluding steroid dienone is 1. The van der Waals surface area contributed by atoms with Crippen molar-refractivity contribution in [3.05, 3.63) is 40.5 Å². The van der Waals surface area contributed by atoms with E-state index < -0.39 is 0 Å². The lowest BCUT2D eigenvalue weighted by Crippen LogP contribution is -2.04. The number of carbonyl (C=O) groups excluding carboxylic acids is 1. The zero-order valence-electron chi connectivity index (χ0n) is 9.29. The maximum Gasteiger partial charge on any atom is 0.332 e. The average Bonchev–Trinajstić information content (AvgIpc) is 2.17. The minimum Gasteiger partial charge on any atom is -0.463 e. The molecule has 0 aliphatic rings. The molecule has 1 aromatic carbocycles. The lowest BCUT2D eigenvalue weighted by Gasteiger charge is -2.06. The van der Waals surface area contributed by atoms with Crippen molar-refractivity contribution in [3.8, 4) is 0 Å². The SMILES string of the molecule is CCOC(=O)/C=C(/C)Nc1cccc(Br)c1. The van der Waals surface area contributed by atoms with Crippen molar-refractivity contribution in [2.75, 3.05) is 11.9 Å². The molecule has 1 N–H and O–H groups in total. The van der Waals surface area contributed by atoms with E-state index in [1.165, 1.54) is 6.08 Å². The Bertz CT molecular complexity index is 402. The zero-order chi connectivity index (χ0) is 12.0. The minimum atomic E-state index is -0.331. The van der Waals surface area contributed by atoms with E-state index in [4.69, 9.17) is 4.74 Å². The summed E-state index contributed by atoms with van der Waals surface area (Å²) in [5.41, 5.74) is 1.67. The van der Waals surface area contributed by atoms with Gasteiger partial charge < -0.3 is 10.1 Å². The van der Waals surface area contributed by atoms with E-state index >= 15 is 0 Å². The van der Waals surface area contributed by atoms with E-state index in [-0.39, 0.29) is 5.97 Å². The molecule has 0 aliphatic carbocycles. The molecule has 0 radical (unpaired) electrons. The number of carbonyl (C=O) groups is 1. The fourth-order valence-corrected chi connectivity index (χ4v) is 1.59. The Labute approximate surface area is 104 Å². The van der Waals surface area contributed by atoms with E-state index in [1.54, 1.807) is 6.92 Å². The van der Waals surface area contributed by atoms with Crippen LogP contribution < -0.4 is 5.32 Å². The van der Waals surface area contributed by atoms with Crippen LogP contribution in [0.4, 0.5) is 5.69 Å². The van der Waals surface area contributed by atoms with Gasteiger partial charge in [0.15, 0.2) is 0 Å². The van der Waals surface area contributed by atoms with E-state index in [0.717, 1.165) is 15.9 Å². The van der Waals surface area contributed by atoms with Crippen molar-refractivity contribution >= 4 is 27.6 Å².